The number of carbonyl (C=O) groups excluding carboxylic acids is 2. The van der Waals surface area contributed by atoms with Gasteiger partial charge in [0.2, 0.25) is 5.90 Å². The van der Waals surface area contributed by atoms with Gasteiger partial charge in [0.25, 0.3) is 0 Å². The number of methoxy groups -OCH3 is 1. The molecule has 0 aliphatic carbocycles. The molecule has 32 heavy (non-hydrogen) atoms. The molecule has 8 heteroatoms. The van der Waals surface area contributed by atoms with Crippen LogP contribution in [0.25, 0.3) is 6.08 Å². The Morgan fingerprint density at radius 1 is 1.09 bits per heavy atom. The van der Waals surface area contributed by atoms with Gasteiger partial charge in [-0.1, -0.05) is 29.8 Å². The molecule has 0 spiro atoms. The van der Waals surface area contributed by atoms with Crippen molar-refractivity contribution < 1.29 is 28.2 Å². The first kappa shape index (κ1) is 21.3. The van der Waals surface area contributed by atoms with E-state index in [1.807, 2.05) is 18.2 Å². The predicted octanol–water partition coefficient (Wildman–Crippen LogP) is 5.05. The smallest absolute Gasteiger partial charge is 0.363 e. The number of benzene rings is 3. The van der Waals surface area contributed by atoms with Crippen LogP contribution in [-0.2, 0) is 9.53 Å². The van der Waals surface area contributed by atoms with Crippen molar-refractivity contribution in [3.8, 4) is 11.5 Å². The largest absolute Gasteiger partial charge is 0.493 e. The highest BCUT2D eigenvalue weighted by atomic mass is 35.5. The van der Waals surface area contributed by atoms with Crippen molar-refractivity contribution >= 4 is 35.5 Å². The van der Waals surface area contributed by atoms with Gasteiger partial charge >= 0.3 is 11.9 Å². The van der Waals surface area contributed by atoms with Crippen LogP contribution in [-0.4, -0.2) is 24.9 Å². The number of ether oxygens (including phenoxy) is 3. The highest BCUT2D eigenvalue weighted by molar-refractivity contribution is 6.32. The van der Waals surface area contributed by atoms with Crippen LogP contribution in [0.1, 0.15) is 21.5 Å². The maximum absolute atomic E-state index is 13.1. The molecule has 0 radical (unpaired) electrons. The molecule has 0 unspecified atom stereocenters. The summed E-state index contributed by atoms with van der Waals surface area (Å²) >= 11 is 6.32. The van der Waals surface area contributed by atoms with Gasteiger partial charge in [0, 0.05) is 5.56 Å². The fraction of sp³-hybridized carbons (Fsp3) is 0.0417. The van der Waals surface area contributed by atoms with Gasteiger partial charge in [-0.3, -0.25) is 0 Å². The quantitative estimate of drug-likeness (QED) is 0.308. The monoisotopic (exact) mass is 451 g/mol. The lowest BCUT2D eigenvalue weighted by Crippen LogP contribution is -2.09. The zero-order chi connectivity index (χ0) is 22.7. The number of hydrogen-bond donors (Lipinski definition) is 0. The van der Waals surface area contributed by atoms with E-state index in [-0.39, 0.29) is 33.7 Å². The lowest BCUT2D eigenvalue weighted by atomic mass is 10.1. The van der Waals surface area contributed by atoms with E-state index in [1.165, 1.54) is 37.5 Å². The molecule has 0 N–H and O–H groups in total. The number of esters is 2. The zero-order valence-electron chi connectivity index (χ0n) is 16.7. The van der Waals surface area contributed by atoms with Crippen LogP contribution >= 0.6 is 11.6 Å². The summed E-state index contributed by atoms with van der Waals surface area (Å²) in [5.41, 5.74) is 1.38. The minimum absolute atomic E-state index is 0.00637. The average Bonchev–Trinajstić information content (AvgIpc) is 3.16. The van der Waals surface area contributed by atoms with Crippen LogP contribution < -0.4 is 9.47 Å². The number of rotatable bonds is 5. The first-order valence-corrected chi connectivity index (χ1v) is 9.75. The van der Waals surface area contributed by atoms with E-state index in [4.69, 9.17) is 25.8 Å². The second-order valence-corrected chi connectivity index (χ2v) is 7.04. The molecule has 0 amide bonds. The van der Waals surface area contributed by atoms with E-state index in [9.17, 15) is 14.0 Å². The van der Waals surface area contributed by atoms with Crippen LogP contribution in [0.4, 0.5) is 4.39 Å². The van der Waals surface area contributed by atoms with E-state index in [2.05, 4.69) is 4.99 Å². The number of halogens is 2. The van der Waals surface area contributed by atoms with Gasteiger partial charge < -0.3 is 14.2 Å². The summed E-state index contributed by atoms with van der Waals surface area (Å²) in [6.45, 7) is 0. The van der Waals surface area contributed by atoms with E-state index >= 15 is 0 Å². The summed E-state index contributed by atoms with van der Waals surface area (Å²) in [6, 6.07) is 16.9. The normalized spacial score (nSPS) is 14.2. The molecule has 3 aromatic carbocycles. The van der Waals surface area contributed by atoms with Gasteiger partial charge in [-0.15, -0.1) is 0 Å². The predicted molar refractivity (Wildman–Crippen MR) is 116 cm³/mol. The fourth-order valence-electron chi connectivity index (χ4n) is 2.93. The molecule has 0 atom stereocenters. The zero-order valence-corrected chi connectivity index (χ0v) is 17.4. The lowest BCUT2D eigenvalue weighted by Gasteiger charge is -2.12. The Morgan fingerprint density at radius 2 is 1.81 bits per heavy atom. The first-order valence-electron chi connectivity index (χ1n) is 9.38. The van der Waals surface area contributed by atoms with Crippen molar-refractivity contribution in [2.24, 2.45) is 4.99 Å². The molecule has 6 nitrogen and oxygen atoms in total. The van der Waals surface area contributed by atoms with Gasteiger partial charge in [-0.25, -0.2) is 19.0 Å². The van der Waals surface area contributed by atoms with Crippen molar-refractivity contribution in [3.05, 3.63) is 100.0 Å². The van der Waals surface area contributed by atoms with Gasteiger partial charge in [0.05, 0.1) is 17.7 Å². The Hall–Kier alpha value is -3.97. The van der Waals surface area contributed by atoms with Gasteiger partial charge in [0.1, 0.15) is 5.82 Å². The number of hydrogen-bond acceptors (Lipinski definition) is 6. The number of nitrogens with zero attached hydrogens (tertiary/aromatic N) is 1. The Labute approximate surface area is 187 Å². The van der Waals surface area contributed by atoms with Crippen LogP contribution in [0.5, 0.6) is 11.5 Å². The summed E-state index contributed by atoms with van der Waals surface area (Å²) in [5, 5.41) is 0.0743. The van der Waals surface area contributed by atoms with Gasteiger partial charge in [-0.05, 0) is 60.2 Å². The summed E-state index contributed by atoms with van der Waals surface area (Å²) in [7, 11) is 1.38. The third kappa shape index (κ3) is 4.53. The Morgan fingerprint density at radius 3 is 2.50 bits per heavy atom. The van der Waals surface area contributed by atoms with Crippen LogP contribution in [0, 0.1) is 5.82 Å². The second kappa shape index (κ2) is 9.03. The van der Waals surface area contributed by atoms with Gasteiger partial charge in [0.15, 0.2) is 17.2 Å². The molecular formula is C24H15ClFNO5. The summed E-state index contributed by atoms with van der Waals surface area (Å²) in [5.74, 6) is -1.45. The third-order valence-electron chi connectivity index (χ3n) is 4.47. The topological polar surface area (TPSA) is 74.2 Å². The van der Waals surface area contributed by atoms with Crippen molar-refractivity contribution in [2.45, 2.75) is 0 Å². The van der Waals surface area contributed by atoms with Crippen molar-refractivity contribution in [1.82, 2.24) is 0 Å². The lowest BCUT2D eigenvalue weighted by molar-refractivity contribution is -0.129. The molecule has 1 aliphatic rings. The third-order valence-corrected chi connectivity index (χ3v) is 4.75. The van der Waals surface area contributed by atoms with E-state index in [0.717, 1.165) is 12.1 Å². The van der Waals surface area contributed by atoms with Crippen molar-refractivity contribution in [1.29, 1.82) is 0 Å². The maximum atomic E-state index is 13.1. The molecule has 1 aliphatic heterocycles. The second-order valence-electron chi connectivity index (χ2n) is 6.63. The molecule has 4 rings (SSSR count). The molecule has 0 saturated heterocycles. The molecule has 0 saturated carbocycles. The Bertz CT molecular complexity index is 1250. The molecule has 160 valence electrons. The summed E-state index contributed by atoms with van der Waals surface area (Å²) in [4.78, 5) is 28.8. The number of carbonyl (C=O) groups is 2. The van der Waals surface area contributed by atoms with E-state index in [1.54, 1.807) is 12.1 Å². The highest BCUT2D eigenvalue weighted by Crippen LogP contribution is 2.38. The average molecular weight is 452 g/mol. The number of cyclic esters (lactones) is 1. The molecular weight excluding hydrogens is 437 g/mol. The van der Waals surface area contributed by atoms with Crippen LogP contribution in [0.3, 0.4) is 0 Å². The molecule has 0 fully saturated rings. The van der Waals surface area contributed by atoms with Crippen molar-refractivity contribution in [3.63, 3.8) is 0 Å². The first-order chi connectivity index (χ1) is 15.4. The van der Waals surface area contributed by atoms with Crippen LogP contribution in [0.15, 0.2) is 77.4 Å². The van der Waals surface area contributed by atoms with Crippen molar-refractivity contribution in [2.75, 3.05) is 7.11 Å². The van der Waals surface area contributed by atoms with E-state index in [0.29, 0.717) is 11.1 Å². The summed E-state index contributed by atoms with van der Waals surface area (Å²) in [6.07, 6.45) is 1.48. The minimum Gasteiger partial charge on any atom is -0.493 e. The van der Waals surface area contributed by atoms with Gasteiger partial charge in [-0.2, -0.15) is 0 Å². The Balaban J connectivity index is 1.62. The molecule has 0 aromatic heterocycles. The molecule has 3 aromatic rings. The van der Waals surface area contributed by atoms with E-state index < -0.39 is 17.8 Å². The fourth-order valence-corrected chi connectivity index (χ4v) is 3.19. The standard InChI is InChI=1S/C24H15ClFNO5/c1-30-20-13-14(12-19-24(29)32-22(27-19)15-5-3-2-4-6-15)11-18(25)21(20)31-23(28)16-7-9-17(26)10-8-16/h2-13H,1H3. The maximum Gasteiger partial charge on any atom is 0.363 e. The molecule has 1 heterocycles. The highest BCUT2D eigenvalue weighted by Gasteiger charge is 2.24. The molecule has 0 bridgehead atoms. The SMILES string of the molecule is COc1cc(C=C2N=C(c3ccccc3)OC2=O)cc(Cl)c1OC(=O)c1ccc(F)cc1. The minimum atomic E-state index is -0.729. The summed E-state index contributed by atoms with van der Waals surface area (Å²) < 4.78 is 29.0. The van der Waals surface area contributed by atoms with Crippen LogP contribution in [0.2, 0.25) is 5.02 Å². The number of aliphatic imine (C=N–C) groups is 1. The Kier molecular flexibility index (Phi) is 6.00.